The average Bonchev–Trinajstić information content (AvgIpc) is 2.67. The molecule has 4 N–H and O–H groups in total. The largest absolute Gasteiger partial charge is 0.474 e. The molecule has 0 fully saturated rings. The van der Waals surface area contributed by atoms with Crippen LogP contribution in [0.2, 0.25) is 0 Å². The molecule has 0 aromatic heterocycles. The van der Waals surface area contributed by atoms with Gasteiger partial charge in [-0.15, -0.1) is 0 Å². The molecule has 10 heteroatoms. The molecule has 0 heterocycles. The first kappa shape index (κ1) is 20.0. The Morgan fingerprint density at radius 2 is 0.964 bits per heavy atom. The van der Waals surface area contributed by atoms with Crippen molar-refractivity contribution >= 4 is 46.7 Å². The molecule has 0 radical (unpaired) electrons. The smallest absolute Gasteiger partial charge is 0.394 e. The van der Waals surface area contributed by atoms with Crippen LogP contribution >= 0.6 is 0 Å². The van der Waals surface area contributed by atoms with Crippen LogP contribution in [-0.4, -0.2) is 45.5 Å². The van der Waals surface area contributed by atoms with E-state index in [0.29, 0.717) is 0 Å². The number of aliphatic carboxylic acids is 2. The summed E-state index contributed by atoms with van der Waals surface area (Å²) < 4.78 is 0. The third kappa shape index (κ3) is 4.85. The van der Waals surface area contributed by atoms with E-state index >= 15 is 0 Å². The maximum atomic E-state index is 12.4. The third-order valence-electron chi connectivity index (χ3n) is 3.36. The molecule has 0 unspecified atom stereocenters. The zero-order chi connectivity index (χ0) is 20.8. The van der Waals surface area contributed by atoms with E-state index in [1.165, 1.54) is 36.4 Å². The van der Waals surface area contributed by atoms with Crippen LogP contribution in [0, 0.1) is 0 Å². The summed E-state index contributed by atoms with van der Waals surface area (Å²) in [6.45, 7) is 0. The Bertz CT molecular complexity index is 931. The normalized spacial score (nSPS) is 9.86. The number of hydrogen-bond acceptors (Lipinski definition) is 6. The molecule has 10 nitrogen and oxygen atoms in total. The summed E-state index contributed by atoms with van der Waals surface area (Å²) in [7, 11) is 0. The summed E-state index contributed by atoms with van der Waals surface area (Å²) in [5.41, 5.74) is -0.191. The fourth-order valence-corrected chi connectivity index (χ4v) is 2.11. The van der Waals surface area contributed by atoms with E-state index in [2.05, 4.69) is 10.6 Å². The minimum Gasteiger partial charge on any atom is -0.474 e. The van der Waals surface area contributed by atoms with Crippen LogP contribution in [0.4, 0.5) is 11.4 Å². The van der Waals surface area contributed by atoms with Crippen LogP contribution in [0.15, 0.2) is 48.5 Å². The number of carboxylic acids is 2. The molecular formula is C18H12N2O8. The van der Waals surface area contributed by atoms with E-state index in [1.54, 1.807) is 0 Å². The molecule has 0 saturated carbocycles. The molecule has 0 saturated heterocycles. The Kier molecular flexibility index (Phi) is 5.96. The van der Waals surface area contributed by atoms with Gasteiger partial charge in [0.25, 0.3) is 0 Å². The van der Waals surface area contributed by atoms with Gasteiger partial charge in [-0.25, -0.2) is 9.59 Å². The van der Waals surface area contributed by atoms with Crippen molar-refractivity contribution in [3.05, 3.63) is 59.7 Å². The van der Waals surface area contributed by atoms with Gasteiger partial charge in [0.15, 0.2) is 0 Å². The van der Waals surface area contributed by atoms with E-state index in [-0.39, 0.29) is 22.5 Å². The summed E-state index contributed by atoms with van der Waals surface area (Å²) in [5.74, 6) is -7.95. The molecule has 2 amide bonds. The van der Waals surface area contributed by atoms with E-state index in [4.69, 9.17) is 10.2 Å². The van der Waals surface area contributed by atoms with Crippen molar-refractivity contribution in [2.45, 2.75) is 0 Å². The number of Topliss-reactive ketones (excluding diaryl/α,β-unsaturated/α-hetero) is 2. The second-order valence-electron chi connectivity index (χ2n) is 5.34. The van der Waals surface area contributed by atoms with Crippen molar-refractivity contribution in [3.63, 3.8) is 0 Å². The van der Waals surface area contributed by atoms with Gasteiger partial charge in [-0.3, -0.25) is 19.2 Å². The van der Waals surface area contributed by atoms with Crippen LogP contribution in [0.1, 0.15) is 20.7 Å². The fraction of sp³-hybridized carbons (Fsp3) is 0. The predicted molar refractivity (Wildman–Crippen MR) is 94.1 cm³/mol. The van der Waals surface area contributed by atoms with Gasteiger partial charge >= 0.3 is 23.8 Å². The van der Waals surface area contributed by atoms with Crippen molar-refractivity contribution in [3.8, 4) is 0 Å². The summed E-state index contributed by atoms with van der Waals surface area (Å²) in [6, 6.07) is 10.2. The SMILES string of the molecule is O=C(O)C(=O)Nc1cccc(C(=O)C(=O)c2cccc(NC(=O)C(=O)O)c2)c1. The molecule has 0 bridgehead atoms. The first-order valence-electron chi connectivity index (χ1n) is 7.56. The fourth-order valence-electron chi connectivity index (χ4n) is 2.11. The first-order valence-corrected chi connectivity index (χ1v) is 7.56. The van der Waals surface area contributed by atoms with E-state index in [9.17, 15) is 28.8 Å². The number of ketones is 2. The highest BCUT2D eigenvalue weighted by molar-refractivity contribution is 6.49. The van der Waals surface area contributed by atoms with Crippen molar-refractivity contribution in [1.29, 1.82) is 0 Å². The maximum Gasteiger partial charge on any atom is 0.394 e. The number of carbonyl (C=O) groups excluding carboxylic acids is 4. The minimum atomic E-state index is -1.71. The summed E-state index contributed by atoms with van der Waals surface area (Å²) >= 11 is 0. The number of amides is 2. The molecule has 2 aromatic rings. The number of carboxylic acid groups (broad SMARTS) is 2. The molecule has 0 aliphatic rings. The quantitative estimate of drug-likeness (QED) is 0.434. The van der Waals surface area contributed by atoms with E-state index < -0.39 is 35.3 Å². The van der Waals surface area contributed by atoms with Gasteiger partial charge in [0.1, 0.15) is 0 Å². The lowest BCUT2D eigenvalue weighted by Gasteiger charge is -2.07. The van der Waals surface area contributed by atoms with Crippen LogP contribution < -0.4 is 10.6 Å². The van der Waals surface area contributed by atoms with Gasteiger partial charge < -0.3 is 20.8 Å². The number of anilines is 2. The van der Waals surface area contributed by atoms with Crippen LogP contribution in [0.5, 0.6) is 0 Å². The molecule has 0 aliphatic carbocycles. The van der Waals surface area contributed by atoms with Crippen molar-refractivity contribution in [1.82, 2.24) is 0 Å². The lowest BCUT2D eigenvalue weighted by molar-refractivity contribution is -0.147. The van der Waals surface area contributed by atoms with Gasteiger partial charge in [0, 0.05) is 22.5 Å². The number of nitrogens with one attached hydrogen (secondary N) is 2. The molecule has 0 atom stereocenters. The molecule has 142 valence electrons. The number of carbonyl (C=O) groups is 6. The molecular weight excluding hydrogens is 372 g/mol. The Balaban J connectivity index is 2.22. The second-order valence-corrected chi connectivity index (χ2v) is 5.34. The van der Waals surface area contributed by atoms with Gasteiger partial charge in [-0.05, 0) is 24.3 Å². The second kappa shape index (κ2) is 8.36. The lowest BCUT2D eigenvalue weighted by atomic mass is 10.0. The number of rotatable bonds is 5. The van der Waals surface area contributed by atoms with Crippen molar-refractivity contribution < 1.29 is 39.0 Å². The van der Waals surface area contributed by atoms with Gasteiger partial charge in [0.05, 0.1) is 0 Å². The Labute approximate surface area is 156 Å². The standard InChI is InChI=1S/C18H12N2O8/c21-13(9-3-1-5-11(7-9)19-15(23)17(25)26)14(22)10-4-2-6-12(8-10)20-16(24)18(27)28/h1-8H,(H,19,23)(H,20,24)(H,25,26)(H,27,28). The Morgan fingerprint density at radius 3 is 1.29 bits per heavy atom. The van der Waals surface area contributed by atoms with Gasteiger partial charge in [0.2, 0.25) is 11.6 Å². The zero-order valence-electron chi connectivity index (χ0n) is 14.0. The van der Waals surface area contributed by atoms with Crippen LogP contribution in [-0.2, 0) is 19.2 Å². The summed E-state index contributed by atoms with van der Waals surface area (Å²) in [6.07, 6.45) is 0. The Morgan fingerprint density at radius 1 is 0.607 bits per heavy atom. The highest BCUT2D eigenvalue weighted by atomic mass is 16.4. The predicted octanol–water partition coefficient (Wildman–Crippen LogP) is 0.798. The molecule has 2 rings (SSSR count). The van der Waals surface area contributed by atoms with Crippen LogP contribution in [0.3, 0.4) is 0 Å². The number of benzene rings is 2. The molecule has 0 spiro atoms. The summed E-state index contributed by atoms with van der Waals surface area (Å²) in [4.78, 5) is 68.3. The third-order valence-corrected chi connectivity index (χ3v) is 3.36. The van der Waals surface area contributed by atoms with E-state index in [1.807, 2.05) is 0 Å². The average molecular weight is 384 g/mol. The Hall–Kier alpha value is -4.34. The van der Waals surface area contributed by atoms with Gasteiger partial charge in [-0.2, -0.15) is 0 Å². The molecule has 28 heavy (non-hydrogen) atoms. The van der Waals surface area contributed by atoms with Gasteiger partial charge in [-0.1, -0.05) is 24.3 Å². The molecule has 2 aromatic carbocycles. The summed E-state index contributed by atoms with van der Waals surface area (Å²) in [5, 5.41) is 21.3. The first-order chi connectivity index (χ1) is 13.2. The topological polar surface area (TPSA) is 167 Å². The zero-order valence-corrected chi connectivity index (χ0v) is 14.0. The highest BCUT2D eigenvalue weighted by Crippen LogP contribution is 2.16. The number of hydrogen-bond donors (Lipinski definition) is 4. The highest BCUT2D eigenvalue weighted by Gasteiger charge is 2.20. The monoisotopic (exact) mass is 384 g/mol. The lowest BCUT2D eigenvalue weighted by Crippen LogP contribution is -2.22. The maximum absolute atomic E-state index is 12.4. The van der Waals surface area contributed by atoms with E-state index in [0.717, 1.165) is 12.1 Å². The minimum absolute atomic E-state index is 0.00789. The van der Waals surface area contributed by atoms with Crippen molar-refractivity contribution in [2.75, 3.05) is 10.6 Å². The van der Waals surface area contributed by atoms with Crippen molar-refractivity contribution in [2.24, 2.45) is 0 Å². The van der Waals surface area contributed by atoms with Crippen LogP contribution in [0.25, 0.3) is 0 Å². The molecule has 0 aliphatic heterocycles.